The van der Waals surface area contributed by atoms with E-state index in [1.54, 1.807) is 0 Å². The van der Waals surface area contributed by atoms with Gasteiger partial charge in [-0.25, -0.2) is 0 Å². The Morgan fingerprint density at radius 2 is 1.81 bits per heavy atom. The lowest BCUT2D eigenvalue weighted by Gasteiger charge is -2.26. The molecular weight excluding hydrogens is 262 g/mol. The number of fused-ring (bicyclic) bond motifs is 1. The number of aryl methyl sites for hydroxylation is 2. The first-order chi connectivity index (χ1) is 10.2. The Morgan fingerprint density at radius 1 is 1.00 bits per heavy atom. The van der Waals surface area contributed by atoms with Gasteiger partial charge in [0, 0.05) is 5.56 Å². The predicted molar refractivity (Wildman–Crippen MR) is 84.3 cm³/mol. The Bertz CT molecular complexity index is 652. The molecule has 1 N–H and O–H groups in total. The van der Waals surface area contributed by atoms with Crippen LogP contribution in [0.1, 0.15) is 28.3 Å². The highest BCUT2D eigenvalue weighted by Crippen LogP contribution is 2.39. The van der Waals surface area contributed by atoms with Crippen LogP contribution in [0.15, 0.2) is 36.4 Å². The summed E-state index contributed by atoms with van der Waals surface area (Å²) in [5, 5.41) is 3.42. The van der Waals surface area contributed by atoms with E-state index in [9.17, 15) is 0 Å². The summed E-state index contributed by atoms with van der Waals surface area (Å²) in [6.45, 7) is 5.49. The summed E-state index contributed by atoms with van der Waals surface area (Å²) in [7, 11) is 1.98. The van der Waals surface area contributed by atoms with Crippen molar-refractivity contribution in [1.82, 2.24) is 5.32 Å². The van der Waals surface area contributed by atoms with Gasteiger partial charge in [-0.2, -0.15) is 0 Å². The van der Waals surface area contributed by atoms with E-state index in [0.29, 0.717) is 13.2 Å². The molecule has 2 aromatic carbocycles. The van der Waals surface area contributed by atoms with Crippen LogP contribution in [0, 0.1) is 13.8 Å². The number of hydrogen-bond acceptors (Lipinski definition) is 3. The maximum Gasteiger partial charge on any atom is 0.166 e. The SMILES string of the molecule is CNC(c1cc(C)ccc1C)c1cccc2c1OCCO2. The quantitative estimate of drug-likeness (QED) is 0.936. The predicted octanol–water partition coefficient (Wildman–Crippen LogP) is 3.38. The minimum absolute atomic E-state index is 0.0987. The van der Waals surface area contributed by atoms with Crippen LogP contribution in [-0.4, -0.2) is 20.3 Å². The van der Waals surface area contributed by atoms with Gasteiger partial charge >= 0.3 is 0 Å². The topological polar surface area (TPSA) is 30.5 Å². The van der Waals surface area contributed by atoms with E-state index >= 15 is 0 Å². The molecule has 2 aromatic rings. The maximum atomic E-state index is 5.86. The largest absolute Gasteiger partial charge is 0.486 e. The number of rotatable bonds is 3. The van der Waals surface area contributed by atoms with Gasteiger partial charge in [-0.1, -0.05) is 35.9 Å². The summed E-state index contributed by atoms with van der Waals surface area (Å²) in [5.74, 6) is 1.70. The highest BCUT2D eigenvalue weighted by Gasteiger charge is 2.23. The molecule has 3 rings (SSSR count). The van der Waals surface area contributed by atoms with Gasteiger partial charge < -0.3 is 14.8 Å². The molecule has 0 fully saturated rings. The molecule has 1 aliphatic heterocycles. The lowest BCUT2D eigenvalue weighted by Crippen LogP contribution is -2.23. The van der Waals surface area contributed by atoms with Crippen LogP contribution in [0.3, 0.4) is 0 Å². The zero-order valence-corrected chi connectivity index (χ0v) is 12.8. The Hall–Kier alpha value is -2.00. The van der Waals surface area contributed by atoms with Gasteiger partial charge in [-0.05, 0) is 38.1 Å². The van der Waals surface area contributed by atoms with Crippen molar-refractivity contribution in [2.24, 2.45) is 0 Å². The van der Waals surface area contributed by atoms with E-state index in [1.807, 2.05) is 19.2 Å². The third-order valence-electron chi connectivity index (χ3n) is 3.94. The van der Waals surface area contributed by atoms with Gasteiger partial charge in [-0.15, -0.1) is 0 Å². The van der Waals surface area contributed by atoms with E-state index in [-0.39, 0.29) is 6.04 Å². The fraction of sp³-hybridized carbons (Fsp3) is 0.333. The van der Waals surface area contributed by atoms with E-state index < -0.39 is 0 Å². The molecule has 1 aliphatic rings. The number of ether oxygens (including phenoxy) is 2. The molecule has 110 valence electrons. The second-order valence-electron chi connectivity index (χ2n) is 5.45. The highest BCUT2D eigenvalue weighted by atomic mass is 16.6. The van der Waals surface area contributed by atoms with Crippen molar-refractivity contribution in [3.63, 3.8) is 0 Å². The molecule has 0 amide bonds. The van der Waals surface area contributed by atoms with Crippen LogP contribution < -0.4 is 14.8 Å². The molecule has 0 radical (unpaired) electrons. The van der Waals surface area contributed by atoms with Crippen LogP contribution in [0.25, 0.3) is 0 Å². The Labute approximate surface area is 125 Å². The van der Waals surface area contributed by atoms with Crippen molar-refractivity contribution in [1.29, 1.82) is 0 Å². The van der Waals surface area contributed by atoms with Crippen LogP contribution in [-0.2, 0) is 0 Å². The first-order valence-electron chi connectivity index (χ1n) is 7.33. The van der Waals surface area contributed by atoms with E-state index in [1.165, 1.54) is 16.7 Å². The molecule has 3 nitrogen and oxygen atoms in total. The second kappa shape index (κ2) is 5.78. The monoisotopic (exact) mass is 283 g/mol. The van der Waals surface area contributed by atoms with Crippen molar-refractivity contribution >= 4 is 0 Å². The molecule has 21 heavy (non-hydrogen) atoms. The standard InChI is InChI=1S/C18H21NO2/c1-12-7-8-13(2)15(11-12)17(19-3)14-5-4-6-16-18(14)21-10-9-20-16/h4-8,11,17,19H,9-10H2,1-3H3. The minimum atomic E-state index is 0.0987. The minimum Gasteiger partial charge on any atom is -0.486 e. The maximum absolute atomic E-state index is 5.86. The molecule has 0 aromatic heterocycles. The fourth-order valence-electron chi connectivity index (χ4n) is 2.87. The average Bonchev–Trinajstić information content (AvgIpc) is 2.51. The molecule has 0 aliphatic carbocycles. The molecule has 0 saturated carbocycles. The van der Waals surface area contributed by atoms with Gasteiger partial charge in [0.2, 0.25) is 0 Å². The average molecular weight is 283 g/mol. The van der Waals surface area contributed by atoms with Crippen molar-refractivity contribution in [2.75, 3.05) is 20.3 Å². The van der Waals surface area contributed by atoms with E-state index in [0.717, 1.165) is 17.1 Å². The Balaban J connectivity index is 2.10. The zero-order chi connectivity index (χ0) is 14.8. The molecule has 1 unspecified atom stereocenters. The van der Waals surface area contributed by atoms with Crippen LogP contribution >= 0.6 is 0 Å². The van der Waals surface area contributed by atoms with Gasteiger partial charge in [0.25, 0.3) is 0 Å². The van der Waals surface area contributed by atoms with Crippen molar-refractivity contribution in [3.05, 3.63) is 58.7 Å². The summed E-state index contributed by atoms with van der Waals surface area (Å²) < 4.78 is 11.6. The molecule has 3 heteroatoms. The van der Waals surface area contributed by atoms with Crippen LogP contribution in [0.4, 0.5) is 0 Å². The molecular formula is C18H21NO2. The number of hydrogen-bond donors (Lipinski definition) is 1. The van der Waals surface area contributed by atoms with Gasteiger partial charge in [0.1, 0.15) is 13.2 Å². The second-order valence-corrected chi connectivity index (χ2v) is 5.45. The summed E-state index contributed by atoms with van der Waals surface area (Å²) in [4.78, 5) is 0. The summed E-state index contributed by atoms with van der Waals surface area (Å²) in [6.07, 6.45) is 0. The Kier molecular flexibility index (Phi) is 3.84. The summed E-state index contributed by atoms with van der Waals surface area (Å²) in [6, 6.07) is 12.7. The zero-order valence-electron chi connectivity index (χ0n) is 12.8. The van der Waals surface area contributed by atoms with Crippen molar-refractivity contribution in [3.8, 4) is 11.5 Å². The lowest BCUT2D eigenvalue weighted by molar-refractivity contribution is 0.169. The molecule has 0 spiro atoms. The normalized spacial score (nSPS) is 14.8. The molecule has 1 atom stereocenters. The number of benzene rings is 2. The van der Waals surface area contributed by atoms with E-state index in [2.05, 4.69) is 43.4 Å². The fourth-order valence-corrected chi connectivity index (χ4v) is 2.87. The van der Waals surface area contributed by atoms with Crippen LogP contribution in [0.2, 0.25) is 0 Å². The van der Waals surface area contributed by atoms with Gasteiger partial charge in [0.05, 0.1) is 6.04 Å². The smallest absolute Gasteiger partial charge is 0.166 e. The first kappa shape index (κ1) is 14.0. The Morgan fingerprint density at radius 3 is 2.62 bits per heavy atom. The first-order valence-corrected chi connectivity index (χ1v) is 7.33. The third kappa shape index (κ3) is 2.61. The summed E-state index contributed by atoms with van der Waals surface area (Å²) in [5.41, 5.74) is 4.94. The molecule has 1 heterocycles. The molecule has 0 saturated heterocycles. The summed E-state index contributed by atoms with van der Waals surface area (Å²) >= 11 is 0. The van der Waals surface area contributed by atoms with E-state index in [4.69, 9.17) is 9.47 Å². The van der Waals surface area contributed by atoms with Crippen LogP contribution in [0.5, 0.6) is 11.5 Å². The number of nitrogens with one attached hydrogen (secondary N) is 1. The molecule has 0 bridgehead atoms. The highest BCUT2D eigenvalue weighted by molar-refractivity contribution is 5.52. The van der Waals surface area contributed by atoms with Gasteiger partial charge in [-0.3, -0.25) is 0 Å². The van der Waals surface area contributed by atoms with Crippen molar-refractivity contribution < 1.29 is 9.47 Å². The number of para-hydroxylation sites is 1. The van der Waals surface area contributed by atoms with Crippen molar-refractivity contribution in [2.45, 2.75) is 19.9 Å². The lowest BCUT2D eigenvalue weighted by atomic mass is 9.93. The third-order valence-corrected chi connectivity index (χ3v) is 3.94. The van der Waals surface area contributed by atoms with Gasteiger partial charge in [0.15, 0.2) is 11.5 Å².